The molecule has 19 heavy (non-hydrogen) atoms. The fourth-order valence-corrected chi connectivity index (χ4v) is 2.59. The van der Waals surface area contributed by atoms with Crippen LogP contribution in [0.1, 0.15) is 44.8 Å². The fourth-order valence-electron chi connectivity index (χ4n) is 2.59. The van der Waals surface area contributed by atoms with Crippen molar-refractivity contribution < 1.29 is 14.6 Å². The molecule has 0 aliphatic carbocycles. The van der Waals surface area contributed by atoms with Crippen molar-refractivity contribution in [3.8, 4) is 5.75 Å². The zero-order valence-electron chi connectivity index (χ0n) is 11.7. The lowest BCUT2D eigenvalue weighted by molar-refractivity contribution is 0.0305. The lowest BCUT2D eigenvalue weighted by Gasteiger charge is -2.23. The SMILES string of the molecule is CCCOc1cncc(C(O)C2CCOC2CC)c1. The van der Waals surface area contributed by atoms with Gasteiger partial charge in [-0.2, -0.15) is 0 Å². The van der Waals surface area contributed by atoms with Gasteiger partial charge in [0.2, 0.25) is 0 Å². The molecular weight excluding hydrogens is 242 g/mol. The molecule has 1 N–H and O–H groups in total. The largest absolute Gasteiger partial charge is 0.492 e. The van der Waals surface area contributed by atoms with E-state index in [1.807, 2.05) is 6.07 Å². The monoisotopic (exact) mass is 265 g/mol. The molecule has 2 heterocycles. The summed E-state index contributed by atoms with van der Waals surface area (Å²) < 4.78 is 11.2. The van der Waals surface area contributed by atoms with Crippen LogP contribution < -0.4 is 4.74 Å². The Labute approximate surface area is 114 Å². The summed E-state index contributed by atoms with van der Waals surface area (Å²) >= 11 is 0. The predicted octanol–water partition coefficient (Wildman–Crippen LogP) is 2.72. The van der Waals surface area contributed by atoms with E-state index in [0.29, 0.717) is 6.61 Å². The van der Waals surface area contributed by atoms with Crippen LogP contribution in [0.2, 0.25) is 0 Å². The first-order valence-corrected chi connectivity index (χ1v) is 7.13. The van der Waals surface area contributed by atoms with Crippen molar-refractivity contribution in [2.24, 2.45) is 5.92 Å². The number of hydrogen-bond acceptors (Lipinski definition) is 4. The van der Waals surface area contributed by atoms with Gasteiger partial charge in [-0.1, -0.05) is 13.8 Å². The van der Waals surface area contributed by atoms with Gasteiger partial charge in [-0.3, -0.25) is 4.98 Å². The van der Waals surface area contributed by atoms with Crippen molar-refractivity contribution in [1.29, 1.82) is 0 Å². The molecule has 4 heteroatoms. The zero-order valence-corrected chi connectivity index (χ0v) is 11.7. The predicted molar refractivity (Wildman–Crippen MR) is 73.1 cm³/mol. The number of ether oxygens (including phenoxy) is 2. The van der Waals surface area contributed by atoms with Gasteiger partial charge in [-0.25, -0.2) is 0 Å². The third-order valence-corrected chi connectivity index (χ3v) is 3.62. The average Bonchev–Trinajstić information content (AvgIpc) is 2.93. The Morgan fingerprint density at radius 1 is 1.47 bits per heavy atom. The van der Waals surface area contributed by atoms with Gasteiger partial charge in [0.15, 0.2) is 0 Å². The Bertz CT molecular complexity index is 397. The van der Waals surface area contributed by atoms with Crippen LogP contribution in [0.25, 0.3) is 0 Å². The summed E-state index contributed by atoms with van der Waals surface area (Å²) in [7, 11) is 0. The molecule has 3 unspecified atom stereocenters. The highest BCUT2D eigenvalue weighted by Gasteiger charge is 2.33. The molecule has 1 aromatic rings. The van der Waals surface area contributed by atoms with Crippen LogP contribution in [0.5, 0.6) is 5.75 Å². The van der Waals surface area contributed by atoms with Crippen molar-refractivity contribution in [2.75, 3.05) is 13.2 Å². The van der Waals surface area contributed by atoms with Crippen LogP contribution in [0.15, 0.2) is 18.5 Å². The molecule has 1 saturated heterocycles. The summed E-state index contributed by atoms with van der Waals surface area (Å²) in [6, 6.07) is 1.89. The standard InChI is InChI=1S/C15H23NO3/c1-3-6-18-12-8-11(9-16-10-12)15(17)13-5-7-19-14(13)4-2/h8-10,13-15,17H,3-7H2,1-2H3. The van der Waals surface area contributed by atoms with Crippen LogP contribution >= 0.6 is 0 Å². The molecule has 1 fully saturated rings. The Kier molecular flexibility index (Phi) is 5.16. The molecule has 0 aromatic carbocycles. The molecule has 0 amide bonds. The molecule has 1 aromatic heterocycles. The molecule has 1 aliphatic rings. The summed E-state index contributed by atoms with van der Waals surface area (Å²) in [6.45, 7) is 5.56. The second kappa shape index (κ2) is 6.87. The van der Waals surface area contributed by atoms with Gasteiger partial charge in [0.1, 0.15) is 5.75 Å². The first-order chi connectivity index (χ1) is 9.26. The Hall–Kier alpha value is -1.13. The van der Waals surface area contributed by atoms with Crippen LogP contribution in [0.4, 0.5) is 0 Å². The maximum Gasteiger partial charge on any atom is 0.137 e. The molecule has 1 aliphatic heterocycles. The summed E-state index contributed by atoms with van der Waals surface area (Å²) in [4.78, 5) is 4.16. The molecule has 3 atom stereocenters. The number of aromatic nitrogens is 1. The third-order valence-electron chi connectivity index (χ3n) is 3.62. The number of aliphatic hydroxyl groups is 1. The highest BCUT2D eigenvalue weighted by Crippen LogP contribution is 2.35. The van der Waals surface area contributed by atoms with Crippen molar-refractivity contribution in [1.82, 2.24) is 4.98 Å². The Balaban J connectivity index is 2.07. The highest BCUT2D eigenvalue weighted by molar-refractivity contribution is 5.25. The van der Waals surface area contributed by atoms with Gasteiger partial charge >= 0.3 is 0 Å². The normalized spacial score (nSPS) is 24.4. The quantitative estimate of drug-likeness (QED) is 0.859. The molecular formula is C15H23NO3. The van der Waals surface area contributed by atoms with E-state index in [4.69, 9.17) is 9.47 Å². The van der Waals surface area contributed by atoms with E-state index in [1.54, 1.807) is 12.4 Å². The maximum absolute atomic E-state index is 10.5. The molecule has 0 saturated carbocycles. The topological polar surface area (TPSA) is 51.6 Å². The van der Waals surface area contributed by atoms with Crippen LogP contribution in [-0.2, 0) is 4.74 Å². The lowest BCUT2D eigenvalue weighted by atomic mass is 9.89. The minimum Gasteiger partial charge on any atom is -0.492 e. The molecule has 0 spiro atoms. The van der Waals surface area contributed by atoms with Crippen molar-refractivity contribution in [3.05, 3.63) is 24.0 Å². The molecule has 106 valence electrons. The molecule has 2 rings (SSSR count). The number of pyridine rings is 1. The van der Waals surface area contributed by atoms with Crippen molar-refractivity contribution in [3.63, 3.8) is 0 Å². The van der Waals surface area contributed by atoms with E-state index in [-0.39, 0.29) is 12.0 Å². The highest BCUT2D eigenvalue weighted by atomic mass is 16.5. The average molecular weight is 265 g/mol. The number of hydrogen-bond donors (Lipinski definition) is 1. The molecule has 0 bridgehead atoms. The van der Waals surface area contributed by atoms with E-state index < -0.39 is 6.10 Å². The van der Waals surface area contributed by atoms with Crippen LogP contribution in [0.3, 0.4) is 0 Å². The van der Waals surface area contributed by atoms with Gasteiger partial charge in [0.05, 0.1) is 25.0 Å². The second-order valence-corrected chi connectivity index (χ2v) is 5.02. The van der Waals surface area contributed by atoms with Crippen molar-refractivity contribution in [2.45, 2.75) is 45.3 Å². The van der Waals surface area contributed by atoms with Gasteiger partial charge in [-0.15, -0.1) is 0 Å². The summed E-state index contributed by atoms with van der Waals surface area (Å²) in [5, 5.41) is 10.5. The Morgan fingerprint density at radius 2 is 2.32 bits per heavy atom. The van der Waals surface area contributed by atoms with Gasteiger partial charge in [-0.05, 0) is 25.3 Å². The summed E-state index contributed by atoms with van der Waals surface area (Å²) in [6.07, 6.45) is 5.82. The number of nitrogens with zero attached hydrogens (tertiary/aromatic N) is 1. The first-order valence-electron chi connectivity index (χ1n) is 7.13. The molecule has 0 radical (unpaired) electrons. The van der Waals surface area contributed by atoms with E-state index in [2.05, 4.69) is 18.8 Å². The van der Waals surface area contributed by atoms with Crippen LogP contribution in [0, 0.1) is 5.92 Å². The summed E-state index contributed by atoms with van der Waals surface area (Å²) in [5.74, 6) is 0.888. The third kappa shape index (κ3) is 3.45. The van der Waals surface area contributed by atoms with Gasteiger partial charge < -0.3 is 14.6 Å². The number of rotatable bonds is 6. The molecule has 4 nitrogen and oxygen atoms in total. The Morgan fingerprint density at radius 3 is 3.05 bits per heavy atom. The van der Waals surface area contributed by atoms with E-state index in [0.717, 1.165) is 37.2 Å². The smallest absolute Gasteiger partial charge is 0.137 e. The first kappa shape index (κ1) is 14.3. The lowest BCUT2D eigenvalue weighted by Crippen LogP contribution is -2.22. The maximum atomic E-state index is 10.5. The minimum atomic E-state index is -0.523. The van der Waals surface area contributed by atoms with Gasteiger partial charge in [0.25, 0.3) is 0 Å². The fraction of sp³-hybridized carbons (Fsp3) is 0.667. The van der Waals surface area contributed by atoms with Crippen LogP contribution in [-0.4, -0.2) is 29.4 Å². The summed E-state index contributed by atoms with van der Waals surface area (Å²) in [5.41, 5.74) is 0.822. The van der Waals surface area contributed by atoms with Crippen molar-refractivity contribution >= 4 is 0 Å². The number of aliphatic hydroxyl groups excluding tert-OH is 1. The van der Waals surface area contributed by atoms with Gasteiger partial charge in [0, 0.05) is 24.3 Å². The van der Waals surface area contributed by atoms with E-state index >= 15 is 0 Å². The van der Waals surface area contributed by atoms with E-state index in [1.165, 1.54) is 0 Å². The minimum absolute atomic E-state index is 0.148. The van der Waals surface area contributed by atoms with E-state index in [9.17, 15) is 5.11 Å². The second-order valence-electron chi connectivity index (χ2n) is 5.02. The zero-order chi connectivity index (χ0) is 13.7.